The first kappa shape index (κ1) is 12.8. The first-order chi connectivity index (χ1) is 8.25. The van der Waals surface area contributed by atoms with E-state index in [1.165, 1.54) is 12.8 Å². The lowest BCUT2D eigenvalue weighted by molar-refractivity contribution is -0.123. The molecular weight excluding hydrogens is 218 g/mol. The van der Waals surface area contributed by atoms with E-state index in [1.54, 1.807) is 0 Å². The molecule has 4 heteroatoms. The molecule has 1 aliphatic heterocycles. The van der Waals surface area contributed by atoms with Gasteiger partial charge in [-0.2, -0.15) is 0 Å². The first-order valence-electron chi connectivity index (χ1n) is 6.82. The van der Waals surface area contributed by atoms with Crippen LogP contribution in [0.1, 0.15) is 44.9 Å². The second-order valence-corrected chi connectivity index (χ2v) is 5.26. The quantitative estimate of drug-likeness (QED) is 0.761. The van der Waals surface area contributed by atoms with E-state index < -0.39 is 0 Å². The average molecular weight is 241 g/mol. The summed E-state index contributed by atoms with van der Waals surface area (Å²) in [4.78, 5) is 11.6. The fraction of sp³-hybridized carbons (Fsp3) is 0.923. The molecule has 1 saturated carbocycles. The molecule has 2 rings (SSSR count). The molecule has 2 fully saturated rings. The number of hydrogen-bond acceptors (Lipinski definition) is 3. The third kappa shape index (κ3) is 3.96. The van der Waals surface area contributed by atoms with Gasteiger partial charge in [-0.15, -0.1) is 0 Å². The Morgan fingerprint density at radius 2 is 2.06 bits per heavy atom. The van der Waals surface area contributed by atoms with Crippen LogP contribution in [0.25, 0.3) is 0 Å². The van der Waals surface area contributed by atoms with E-state index in [2.05, 4.69) is 5.32 Å². The first-order valence-corrected chi connectivity index (χ1v) is 6.82. The van der Waals surface area contributed by atoms with Crippen molar-refractivity contribution in [3.63, 3.8) is 0 Å². The fourth-order valence-electron chi connectivity index (χ4n) is 2.81. The highest BCUT2D eigenvalue weighted by Gasteiger charge is 2.24. The highest BCUT2D eigenvalue weighted by atomic mass is 16.5. The third-order valence-electron chi connectivity index (χ3n) is 3.89. The maximum Gasteiger partial charge on any atom is 0.222 e. The van der Waals surface area contributed by atoms with Crippen LogP contribution < -0.4 is 5.32 Å². The fourth-order valence-corrected chi connectivity index (χ4v) is 2.81. The number of rotatable bonds is 5. The van der Waals surface area contributed by atoms with E-state index in [4.69, 9.17) is 4.74 Å². The molecule has 0 aromatic heterocycles. The van der Waals surface area contributed by atoms with Gasteiger partial charge in [-0.05, 0) is 31.6 Å². The van der Waals surface area contributed by atoms with Crippen LogP contribution in [0.15, 0.2) is 0 Å². The zero-order valence-electron chi connectivity index (χ0n) is 10.4. The van der Waals surface area contributed by atoms with Crippen molar-refractivity contribution >= 4 is 5.91 Å². The molecular formula is C13H23NO3. The summed E-state index contributed by atoms with van der Waals surface area (Å²) >= 11 is 0. The van der Waals surface area contributed by atoms with Gasteiger partial charge in [0.1, 0.15) is 0 Å². The number of amides is 1. The minimum atomic E-state index is -0.369. The van der Waals surface area contributed by atoms with Gasteiger partial charge in [0.25, 0.3) is 0 Å². The number of hydrogen-bond donors (Lipinski definition) is 2. The van der Waals surface area contributed by atoms with Gasteiger partial charge in [0.05, 0.1) is 18.6 Å². The van der Waals surface area contributed by atoms with Crippen LogP contribution in [-0.2, 0) is 9.53 Å². The molecule has 1 amide bonds. The second-order valence-electron chi connectivity index (χ2n) is 5.26. The van der Waals surface area contributed by atoms with Gasteiger partial charge in [-0.25, -0.2) is 0 Å². The largest absolute Gasteiger partial charge is 0.391 e. The van der Waals surface area contributed by atoms with E-state index in [1.807, 2.05) is 0 Å². The number of aliphatic hydroxyl groups excluding tert-OH is 1. The molecule has 17 heavy (non-hydrogen) atoms. The zero-order chi connectivity index (χ0) is 12.1. The van der Waals surface area contributed by atoms with Gasteiger partial charge >= 0.3 is 0 Å². The summed E-state index contributed by atoms with van der Waals surface area (Å²) in [6.45, 7) is 1.18. The molecule has 0 bridgehead atoms. The number of carbonyl (C=O) groups excluding carboxylic acids is 1. The minimum Gasteiger partial charge on any atom is -0.391 e. The Morgan fingerprint density at radius 3 is 2.71 bits per heavy atom. The Morgan fingerprint density at radius 1 is 1.29 bits per heavy atom. The van der Waals surface area contributed by atoms with Crippen LogP contribution in [0.3, 0.4) is 0 Å². The van der Waals surface area contributed by atoms with Crippen molar-refractivity contribution in [2.45, 2.75) is 57.2 Å². The van der Waals surface area contributed by atoms with Crippen molar-refractivity contribution in [1.82, 2.24) is 5.32 Å². The normalized spacial score (nSPS) is 27.2. The van der Waals surface area contributed by atoms with Gasteiger partial charge in [0.15, 0.2) is 0 Å². The highest BCUT2D eigenvalue weighted by molar-refractivity contribution is 5.76. The van der Waals surface area contributed by atoms with Crippen LogP contribution in [0.4, 0.5) is 0 Å². The van der Waals surface area contributed by atoms with Crippen molar-refractivity contribution in [1.29, 1.82) is 0 Å². The molecule has 2 unspecified atom stereocenters. The van der Waals surface area contributed by atoms with Crippen LogP contribution in [0.2, 0.25) is 0 Å². The molecule has 1 heterocycles. The predicted molar refractivity (Wildman–Crippen MR) is 64.6 cm³/mol. The van der Waals surface area contributed by atoms with Gasteiger partial charge in [0.2, 0.25) is 5.91 Å². The average Bonchev–Trinajstić information content (AvgIpc) is 2.97. The lowest BCUT2D eigenvalue weighted by atomic mass is 10.0. The summed E-state index contributed by atoms with van der Waals surface area (Å²) in [5.41, 5.74) is 0. The molecule has 2 atom stereocenters. The van der Waals surface area contributed by atoms with Crippen molar-refractivity contribution in [3.8, 4) is 0 Å². The number of ether oxygens (including phenoxy) is 1. The SMILES string of the molecule is O=C(CC1CCCO1)NCC(O)C1CCCC1. The summed E-state index contributed by atoms with van der Waals surface area (Å²) < 4.78 is 5.41. The smallest absolute Gasteiger partial charge is 0.222 e. The zero-order valence-corrected chi connectivity index (χ0v) is 10.4. The Balaban J connectivity index is 1.61. The monoisotopic (exact) mass is 241 g/mol. The molecule has 1 aliphatic carbocycles. The molecule has 0 aromatic carbocycles. The summed E-state index contributed by atoms with van der Waals surface area (Å²) in [5, 5.41) is 12.7. The summed E-state index contributed by atoms with van der Waals surface area (Å²) in [6, 6.07) is 0. The van der Waals surface area contributed by atoms with Crippen LogP contribution >= 0.6 is 0 Å². The summed E-state index contributed by atoms with van der Waals surface area (Å²) in [5.74, 6) is 0.395. The molecule has 4 nitrogen and oxygen atoms in total. The molecule has 98 valence electrons. The number of aliphatic hydroxyl groups is 1. The summed E-state index contributed by atoms with van der Waals surface area (Å²) in [6.07, 6.45) is 6.84. The van der Waals surface area contributed by atoms with Crippen molar-refractivity contribution in [2.75, 3.05) is 13.2 Å². The molecule has 0 radical (unpaired) electrons. The maximum atomic E-state index is 11.6. The van der Waals surface area contributed by atoms with Crippen molar-refractivity contribution in [3.05, 3.63) is 0 Å². The Hall–Kier alpha value is -0.610. The minimum absolute atomic E-state index is 0.00828. The van der Waals surface area contributed by atoms with E-state index in [0.29, 0.717) is 18.9 Å². The lowest BCUT2D eigenvalue weighted by Crippen LogP contribution is -2.36. The lowest BCUT2D eigenvalue weighted by Gasteiger charge is -2.18. The van der Waals surface area contributed by atoms with Crippen LogP contribution in [0.5, 0.6) is 0 Å². The summed E-state index contributed by atoms with van der Waals surface area (Å²) in [7, 11) is 0. The van der Waals surface area contributed by atoms with Crippen molar-refractivity contribution < 1.29 is 14.6 Å². The van der Waals surface area contributed by atoms with Gasteiger partial charge in [-0.1, -0.05) is 12.8 Å². The van der Waals surface area contributed by atoms with Gasteiger partial charge < -0.3 is 15.2 Å². The van der Waals surface area contributed by atoms with E-state index in [9.17, 15) is 9.90 Å². The van der Waals surface area contributed by atoms with Crippen LogP contribution in [-0.4, -0.2) is 36.4 Å². The highest BCUT2D eigenvalue weighted by Crippen LogP contribution is 2.27. The van der Waals surface area contributed by atoms with Crippen molar-refractivity contribution in [2.24, 2.45) is 5.92 Å². The number of carbonyl (C=O) groups is 1. The maximum absolute atomic E-state index is 11.6. The molecule has 0 spiro atoms. The topological polar surface area (TPSA) is 58.6 Å². The molecule has 0 aromatic rings. The second kappa shape index (κ2) is 6.36. The Kier molecular flexibility index (Phi) is 4.80. The standard InChI is InChI=1S/C13H23NO3/c15-12(10-4-1-2-5-10)9-14-13(16)8-11-6-3-7-17-11/h10-12,15H,1-9H2,(H,14,16). The van der Waals surface area contributed by atoms with Gasteiger partial charge in [0, 0.05) is 13.2 Å². The number of nitrogens with one attached hydrogen (secondary N) is 1. The van der Waals surface area contributed by atoms with Gasteiger partial charge in [-0.3, -0.25) is 4.79 Å². The Labute approximate surface area is 103 Å². The molecule has 1 saturated heterocycles. The molecule has 2 aliphatic rings. The van der Waals surface area contributed by atoms with E-state index in [0.717, 1.165) is 32.3 Å². The van der Waals surface area contributed by atoms with Crippen LogP contribution in [0, 0.1) is 5.92 Å². The van der Waals surface area contributed by atoms with E-state index in [-0.39, 0.29) is 18.1 Å². The molecule has 2 N–H and O–H groups in total. The van der Waals surface area contributed by atoms with E-state index >= 15 is 0 Å². The third-order valence-corrected chi connectivity index (χ3v) is 3.89. The predicted octanol–water partition coefficient (Wildman–Crippen LogP) is 1.22. The Bertz CT molecular complexity index is 245.